The van der Waals surface area contributed by atoms with Crippen molar-refractivity contribution in [3.05, 3.63) is 35.4 Å². The van der Waals surface area contributed by atoms with Crippen LogP contribution >= 0.6 is 0 Å². The van der Waals surface area contributed by atoms with Crippen LogP contribution in [0, 0.1) is 0 Å². The SMILES string of the molecule is CC(CCO)(C(=O)O)c1ccc(C2CC2)cc1. The zero-order chi connectivity index (χ0) is 12.5. The van der Waals surface area contributed by atoms with Gasteiger partial charge in [0.25, 0.3) is 0 Å². The van der Waals surface area contributed by atoms with Crippen molar-refractivity contribution in [2.75, 3.05) is 6.61 Å². The van der Waals surface area contributed by atoms with E-state index in [1.54, 1.807) is 6.92 Å². The van der Waals surface area contributed by atoms with Gasteiger partial charge in [0.2, 0.25) is 0 Å². The molecule has 1 fully saturated rings. The van der Waals surface area contributed by atoms with E-state index >= 15 is 0 Å². The van der Waals surface area contributed by atoms with Gasteiger partial charge >= 0.3 is 5.97 Å². The van der Waals surface area contributed by atoms with Crippen LogP contribution in [0.15, 0.2) is 24.3 Å². The first kappa shape index (κ1) is 12.1. The van der Waals surface area contributed by atoms with Gasteiger partial charge in [-0.15, -0.1) is 0 Å². The molecular formula is C14H18O3. The van der Waals surface area contributed by atoms with Gasteiger partial charge in [0.05, 0.1) is 5.41 Å². The molecule has 3 heteroatoms. The Morgan fingerprint density at radius 1 is 1.35 bits per heavy atom. The molecule has 0 aliphatic heterocycles. The second-order valence-corrected chi connectivity index (χ2v) is 5.01. The largest absolute Gasteiger partial charge is 0.481 e. The molecule has 1 saturated carbocycles. The minimum atomic E-state index is -0.989. The topological polar surface area (TPSA) is 57.5 Å². The summed E-state index contributed by atoms with van der Waals surface area (Å²) in [6, 6.07) is 7.81. The summed E-state index contributed by atoms with van der Waals surface area (Å²) in [5, 5.41) is 18.3. The second-order valence-electron chi connectivity index (χ2n) is 5.01. The molecule has 0 amide bonds. The number of rotatable bonds is 5. The van der Waals surface area contributed by atoms with Gasteiger partial charge in [-0.1, -0.05) is 24.3 Å². The van der Waals surface area contributed by atoms with Crippen LogP contribution in [-0.2, 0) is 10.2 Å². The van der Waals surface area contributed by atoms with Crippen LogP contribution in [-0.4, -0.2) is 22.8 Å². The van der Waals surface area contributed by atoms with Gasteiger partial charge in [-0.05, 0) is 43.2 Å². The third-order valence-corrected chi connectivity index (χ3v) is 3.68. The summed E-state index contributed by atoms with van der Waals surface area (Å²) in [5.74, 6) is -0.205. The Hall–Kier alpha value is -1.35. The highest BCUT2D eigenvalue weighted by molar-refractivity contribution is 5.80. The minimum absolute atomic E-state index is 0.118. The van der Waals surface area contributed by atoms with Crippen LogP contribution in [0.3, 0.4) is 0 Å². The van der Waals surface area contributed by atoms with Gasteiger partial charge in [0, 0.05) is 6.61 Å². The zero-order valence-electron chi connectivity index (χ0n) is 10.0. The fourth-order valence-electron chi connectivity index (χ4n) is 2.14. The van der Waals surface area contributed by atoms with E-state index in [-0.39, 0.29) is 13.0 Å². The van der Waals surface area contributed by atoms with Gasteiger partial charge in [0.15, 0.2) is 0 Å². The Morgan fingerprint density at radius 3 is 2.35 bits per heavy atom. The molecule has 0 saturated heterocycles. The molecule has 1 aliphatic carbocycles. The van der Waals surface area contributed by atoms with Crippen molar-refractivity contribution in [2.45, 2.75) is 37.5 Å². The number of hydrogen-bond acceptors (Lipinski definition) is 2. The van der Waals surface area contributed by atoms with Crippen LogP contribution in [0.1, 0.15) is 43.2 Å². The summed E-state index contributed by atoms with van der Waals surface area (Å²) in [4.78, 5) is 11.3. The number of carbonyl (C=O) groups is 1. The number of aliphatic hydroxyl groups excluding tert-OH is 1. The summed E-state index contributed by atoms with van der Waals surface area (Å²) < 4.78 is 0. The molecule has 1 aromatic rings. The molecule has 3 nitrogen and oxygen atoms in total. The van der Waals surface area contributed by atoms with Crippen molar-refractivity contribution >= 4 is 5.97 Å². The van der Waals surface area contributed by atoms with Crippen LogP contribution in [0.25, 0.3) is 0 Å². The molecule has 1 atom stereocenters. The first-order valence-electron chi connectivity index (χ1n) is 6.02. The van der Waals surface area contributed by atoms with E-state index < -0.39 is 11.4 Å². The standard InChI is InChI=1S/C14H18O3/c1-14(8-9-15,13(16)17)12-6-4-11(5-7-12)10-2-3-10/h4-7,10,15H,2-3,8-9H2,1H3,(H,16,17). The highest BCUT2D eigenvalue weighted by Gasteiger charge is 2.35. The molecule has 2 N–H and O–H groups in total. The first-order chi connectivity index (χ1) is 8.08. The fourth-order valence-corrected chi connectivity index (χ4v) is 2.14. The van der Waals surface area contributed by atoms with E-state index in [1.807, 2.05) is 24.3 Å². The Balaban J connectivity index is 2.26. The fraction of sp³-hybridized carbons (Fsp3) is 0.500. The number of aliphatic hydroxyl groups is 1. The predicted octanol–water partition coefficient (Wildman–Crippen LogP) is 2.29. The van der Waals surface area contributed by atoms with E-state index in [2.05, 4.69) is 0 Å². The van der Waals surface area contributed by atoms with Crippen molar-refractivity contribution in [2.24, 2.45) is 0 Å². The molecule has 17 heavy (non-hydrogen) atoms. The van der Waals surface area contributed by atoms with Gasteiger partial charge in [0.1, 0.15) is 0 Å². The van der Waals surface area contributed by atoms with Crippen molar-refractivity contribution in [1.29, 1.82) is 0 Å². The summed E-state index contributed by atoms with van der Waals surface area (Å²) in [5.41, 5.74) is 1.07. The average molecular weight is 234 g/mol. The normalized spacial score (nSPS) is 18.7. The lowest BCUT2D eigenvalue weighted by molar-refractivity contribution is -0.143. The summed E-state index contributed by atoms with van der Waals surface area (Å²) in [6.45, 7) is 1.55. The van der Waals surface area contributed by atoms with Crippen molar-refractivity contribution < 1.29 is 15.0 Å². The van der Waals surface area contributed by atoms with Crippen LogP contribution in [0.5, 0.6) is 0 Å². The van der Waals surface area contributed by atoms with E-state index in [1.165, 1.54) is 18.4 Å². The molecule has 0 spiro atoms. The molecule has 2 rings (SSSR count). The van der Waals surface area contributed by atoms with Crippen LogP contribution in [0.4, 0.5) is 0 Å². The maximum absolute atomic E-state index is 11.3. The number of benzene rings is 1. The van der Waals surface area contributed by atoms with Gasteiger partial charge < -0.3 is 10.2 Å². The summed E-state index contributed by atoms with van der Waals surface area (Å²) in [7, 11) is 0. The minimum Gasteiger partial charge on any atom is -0.481 e. The van der Waals surface area contributed by atoms with E-state index in [0.29, 0.717) is 5.92 Å². The molecule has 0 bridgehead atoms. The average Bonchev–Trinajstić information content (AvgIpc) is 3.13. The molecule has 92 valence electrons. The first-order valence-corrected chi connectivity index (χ1v) is 6.02. The Labute approximate surface area is 101 Å². The van der Waals surface area contributed by atoms with Crippen LogP contribution < -0.4 is 0 Å². The van der Waals surface area contributed by atoms with Gasteiger partial charge in [-0.3, -0.25) is 4.79 Å². The molecular weight excluding hydrogens is 216 g/mol. The number of aliphatic carboxylic acids is 1. The van der Waals surface area contributed by atoms with Crippen molar-refractivity contribution in [1.82, 2.24) is 0 Å². The van der Waals surface area contributed by atoms with Gasteiger partial charge in [-0.25, -0.2) is 0 Å². The highest BCUT2D eigenvalue weighted by Crippen LogP contribution is 2.40. The lowest BCUT2D eigenvalue weighted by Gasteiger charge is -2.24. The Morgan fingerprint density at radius 2 is 1.94 bits per heavy atom. The number of carboxylic acids is 1. The Bertz CT molecular complexity index is 406. The zero-order valence-corrected chi connectivity index (χ0v) is 10.0. The molecule has 1 aromatic carbocycles. The number of carboxylic acid groups (broad SMARTS) is 1. The molecule has 1 unspecified atom stereocenters. The van der Waals surface area contributed by atoms with Crippen molar-refractivity contribution in [3.63, 3.8) is 0 Å². The van der Waals surface area contributed by atoms with E-state index in [4.69, 9.17) is 5.11 Å². The summed E-state index contributed by atoms with van der Waals surface area (Å²) >= 11 is 0. The molecule has 1 aliphatic rings. The Kier molecular flexibility index (Phi) is 3.20. The molecule has 0 aromatic heterocycles. The second kappa shape index (κ2) is 4.49. The van der Waals surface area contributed by atoms with Crippen molar-refractivity contribution in [3.8, 4) is 0 Å². The van der Waals surface area contributed by atoms with Crippen LogP contribution in [0.2, 0.25) is 0 Å². The maximum Gasteiger partial charge on any atom is 0.313 e. The van der Waals surface area contributed by atoms with E-state index in [9.17, 15) is 9.90 Å². The van der Waals surface area contributed by atoms with Gasteiger partial charge in [-0.2, -0.15) is 0 Å². The lowest BCUT2D eigenvalue weighted by atomic mass is 9.79. The highest BCUT2D eigenvalue weighted by atomic mass is 16.4. The third kappa shape index (κ3) is 2.34. The molecule has 0 radical (unpaired) electrons. The maximum atomic E-state index is 11.3. The molecule has 0 heterocycles. The smallest absolute Gasteiger partial charge is 0.313 e. The third-order valence-electron chi connectivity index (χ3n) is 3.68. The summed E-state index contributed by atoms with van der Waals surface area (Å²) in [6.07, 6.45) is 2.73. The quantitative estimate of drug-likeness (QED) is 0.821. The number of hydrogen-bond donors (Lipinski definition) is 2. The monoisotopic (exact) mass is 234 g/mol. The van der Waals surface area contributed by atoms with E-state index in [0.717, 1.165) is 5.56 Å². The predicted molar refractivity (Wildman–Crippen MR) is 65.1 cm³/mol. The lowest BCUT2D eigenvalue weighted by Crippen LogP contribution is -2.33.